The lowest BCUT2D eigenvalue weighted by molar-refractivity contribution is 0.0996. The van der Waals surface area contributed by atoms with E-state index in [-0.39, 0.29) is 17.4 Å². The van der Waals surface area contributed by atoms with Gasteiger partial charge in [0.15, 0.2) is 5.69 Å². The van der Waals surface area contributed by atoms with Gasteiger partial charge in [-0.05, 0) is 36.2 Å². The highest BCUT2D eigenvalue weighted by molar-refractivity contribution is 7.17. The van der Waals surface area contributed by atoms with Crippen molar-refractivity contribution in [2.75, 3.05) is 17.7 Å². The second kappa shape index (κ2) is 8.67. The number of unbranched alkanes of at least 4 members (excludes halogenated alkanes) is 1. The van der Waals surface area contributed by atoms with Crippen LogP contribution in [0.2, 0.25) is 5.02 Å². The van der Waals surface area contributed by atoms with Gasteiger partial charge in [-0.15, -0.1) is 11.3 Å². The van der Waals surface area contributed by atoms with E-state index < -0.39 is 11.2 Å². The molecule has 3 aromatic rings. The molecule has 0 unspecified atom stereocenters. The first kappa shape index (κ1) is 20.9. The van der Waals surface area contributed by atoms with Gasteiger partial charge < -0.3 is 10.6 Å². The molecule has 0 saturated carbocycles. The summed E-state index contributed by atoms with van der Waals surface area (Å²) in [7, 11) is 1.47. The minimum Gasteiger partial charge on any atom is -0.383 e. The fraction of sp³-hybridized carbons (Fsp3) is 0.250. The Kier molecular flexibility index (Phi) is 6.24. The molecule has 0 atom stereocenters. The quantitative estimate of drug-likeness (QED) is 0.621. The Labute approximate surface area is 176 Å². The number of aromatic nitrogens is 2. The number of benzene rings is 1. The van der Waals surface area contributed by atoms with Crippen LogP contribution < -0.4 is 21.9 Å². The van der Waals surface area contributed by atoms with Crippen molar-refractivity contribution < 1.29 is 4.79 Å². The minimum atomic E-state index is -0.689. The van der Waals surface area contributed by atoms with Gasteiger partial charge in [0.25, 0.3) is 11.5 Å². The Balaban J connectivity index is 1.94. The van der Waals surface area contributed by atoms with Crippen LogP contribution in [0.5, 0.6) is 0 Å². The maximum atomic E-state index is 13.0. The van der Waals surface area contributed by atoms with Crippen molar-refractivity contribution in [3.05, 3.63) is 67.1 Å². The number of carbonyl (C=O) groups is 1. The maximum Gasteiger partial charge on any atom is 0.330 e. The number of nitrogens with two attached hydrogens (primary N) is 1. The number of rotatable bonds is 6. The molecule has 0 saturated heterocycles. The SMILES string of the molecule is CCCCn1c(N)c(N(C)C(=O)c2ccc(-c3ccc(Cl)cc3)s2)c(=O)[nH]c1=O. The number of nitrogen functional groups attached to an aromatic ring is 1. The molecule has 3 rings (SSSR count). The third kappa shape index (κ3) is 4.28. The zero-order valence-electron chi connectivity index (χ0n) is 16.1. The average Bonchev–Trinajstić information content (AvgIpc) is 3.17. The van der Waals surface area contributed by atoms with E-state index in [9.17, 15) is 14.4 Å². The Morgan fingerprint density at radius 3 is 2.55 bits per heavy atom. The van der Waals surface area contributed by atoms with E-state index in [1.54, 1.807) is 18.2 Å². The number of amides is 1. The molecule has 2 aromatic heterocycles. The maximum absolute atomic E-state index is 13.0. The van der Waals surface area contributed by atoms with Crippen LogP contribution in [0.3, 0.4) is 0 Å². The molecule has 2 heterocycles. The number of aromatic amines is 1. The van der Waals surface area contributed by atoms with Crippen LogP contribution in [-0.2, 0) is 6.54 Å². The highest BCUT2D eigenvalue weighted by Gasteiger charge is 2.23. The molecule has 7 nitrogen and oxygen atoms in total. The minimum absolute atomic E-state index is 0.0162. The van der Waals surface area contributed by atoms with Gasteiger partial charge in [0.05, 0.1) is 4.88 Å². The molecule has 0 aliphatic carbocycles. The summed E-state index contributed by atoms with van der Waals surface area (Å²) in [6, 6.07) is 10.8. The van der Waals surface area contributed by atoms with Gasteiger partial charge in [-0.1, -0.05) is 37.1 Å². The van der Waals surface area contributed by atoms with Crippen LogP contribution >= 0.6 is 22.9 Å². The summed E-state index contributed by atoms with van der Waals surface area (Å²) in [5.74, 6) is -0.398. The predicted octanol–water partition coefficient (Wildman–Crippen LogP) is 3.58. The fourth-order valence-corrected chi connectivity index (χ4v) is 4.04. The Morgan fingerprint density at radius 2 is 1.90 bits per heavy atom. The molecule has 1 amide bonds. The van der Waals surface area contributed by atoms with Crippen molar-refractivity contribution >= 4 is 40.4 Å². The number of carbonyl (C=O) groups excluding carboxylic acids is 1. The second-order valence-corrected chi connectivity index (χ2v) is 8.05. The molecule has 0 spiro atoms. The molecule has 3 N–H and O–H groups in total. The molecule has 0 radical (unpaired) electrons. The van der Waals surface area contributed by atoms with E-state index >= 15 is 0 Å². The number of nitrogens with one attached hydrogen (secondary N) is 1. The molecular formula is C20H21ClN4O3S. The van der Waals surface area contributed by atoms with E-state index in [1.165, 1.54) is 27.9 Å². The lowest BCUT2D eigenvalue weighted by Gasteiger charge is -2.19. The number of thiophene rings is 1. The summed E-state index contributed by atoms with van der Waals surface area (Å²) in [5, 5.41) is 0.634. The molecule has 0 bridgehead atoms. The Bertz CT molecular complexity index is 1150. The van der Waals surface area contributed by atoms with Crippen LogP contribution in [0, 0.1) is 0 Å². The van der Waals surface area contributed by atoms with E-state index in [0.717, 1.165) is 23.3 Å². The van der Waals surface area contributed by atoms with E-state index in [1.807, 2.05) is 25.1 Å². The smallest absolute Gasteiger partial charge is 0.330 e. The molecule has 1 aromatic carbocycles. The van der Waals surface area contributed by atoms with Crippen LogP contribution in [0.25, 0.3) is 10.4 Å². The normalized spacial score (nSPS) is 10.9. The van der Waals surface area contributed by atoms with Crippen molar-refractivity contribution in [1.82, 2.24) is 9.55 Å². The third-order valence-electron chi connectivity index (χ3n) is 4.53. The molecule has 152 valence electrons. The second-order valence-electron chi connectivity index (χ2n) is 6.53. The summed E-state index contributed by atoms with van der Waals surface area (Å²) < 4.78 is 1.29. The summed E-state index contributed by atoms with van der Waals surface area (Å²) in [4.78, 5) is 42.2. The number of H-pyrrole nitrogens is 1. The standard InChI is InChI=1S/C20H21ClN4O3S/c1-3-4-11-25-17(22)16(18(26)23-20(25)28)24(2)19(27)15-10-9-14(29-15)12-5-7-13(21)8-6-12/h5-10H,3-4,11,22H2,1-2H3,(H,23,26,28). The average molecular weight is 433 g/mol. The van der Waals surface area contributed by atoms with Crippen molar-refractivity contribution in [3.8, 4) is 10.4 Å². The van der Waals surface area contributed by atoms with Gasteiger partial charge in [-0.2, -0.15) is 0 Å². The first-order valence-corrected chi connectivity index (χ1v) is 10.3. The third-order valence-corrected chi connectivity index (χ3v) is 5.91. The van der Waals surface area contributed by atoms with E-state index in [4.69, 9.17) is 17.3 Å². The number of halogens is 1. The van der Waals surface area contributed by atoms with Crippen molar-refractivity contribution in [2.24, 2.45) is 0 Å². The molecule has 29 heavy (non-hydrogen) atoms. The van der Waals surface area contributed by atoms with Crippen molar-refractivity contribution in [2.45, 2.75) is 26.3 Å². The van der Waals surface area contributed by atoms with E-state index in [2.05, 4.69) is 4.98 Å². The number of hydrogen-bond acceptors (Lipinski definition) is 5. The zero-order chi connectivity index (χ0) is 21.1. The number of anilines is 2. The number of nitrogens with zero attached hydrogens (tertiary/aromatic N) is 2. The van der Waals surface area contributed by atoms with Gasteiger partial charge in [0.1, 0.15) is 5.82 Å². The molecule has 0 aliphatic heterocycles. The summed E-state index contributed by atoms with van der Waals surface area (Å²) in [5.41, 5.74) is 5.73. The summed E-state index contributed by atoms with van der Waals surface area (Å²) >= 11 is 7.22. The largest absolute Gasteiger partial charge is 0.383 e. The Hall–Kier alpha value is -2.84. The first-order valence-electron chi connectivity index (χ1n) is 9.10. The van der Waals surface area contributed by atoms with Crippen molar-refractivity contribution in [3.63, 3.8) is 0 Å². The van der Waals surface area contributed by atoms with E-state index in [0.29, 0.717) is 16.4 Å². The zero-order valence-corrected chi connectivity index (χ0v) is 17.6. The first-order chi connectivity index (χ1) is 13.8. The van der Waals surface area contributed by atoms with Gasteiger partial charge in [0.2, 0.25) is 0 Å². The van der Waals surface area contributed by atoms with Gasteiger partial charge >= 0.3 is 5.69 Å². The lowest BCUT2D eigenvalue weighted by atomic mass is 10.2. The molecule has 0 aliphatic rings. The lowest BCUT2D eigenvalue weighted by Crippen LogP contribution is -2.39. The topological polar surface area (TPSA) is 101 Å². The molecular weight excluding hydrogens is 412 g/mol. The summed E-state index contributed by atoms with van der Waals surface area (Å²) in [6.45, 7) is 2.35. The van der Waals surface area contributed by atoms with Crippen LogP contribution in [0.4, 0.5) is 11.5 Å². The fourth-order valence-electron chi connectivity index (χ4n) is 2.93. The Morgan fingerprint density at radius 1 is 1.21 bits per heavy atom. The molecule has 9 heteroatoms. The van der Waals surface area contributed by atoms with Crippen LogP contribution in [0.1, 0.15) is 29.4 Å². The van der Waals surface area contributed by atoms with Crippen LogP contribution in [-0.4, -0.2) is 22.5 Å². The monoisotopic (exact) mass is 432 g/mol. The van der Waals surface area contributed by atoms with Crippen LogP contribution in [0.15, 0.2) is 46.0 Å². The number of hydrogen-bond donors (Lipinski definition) is 2. The van der Waals surface area contributed by atoms with Gasteiger partial charge in [-0.25, -0.2) is 4.79 Å². The van der Waals surface area contributed by atoms with Crippen molar-refractivity contribution in [1.29, 1.82) is 0 Å². The predicted molar refractivity (Wildman–Crippen MR) is 118 cm³/mol. The molecule has 0 fully saturated rings. The van der Waals surface area contributed by atoms with Gasteiger partial charge in [0, 0.05) is 23.5 Å². The summed E-state index contributed by atoms with van der Waals surface area (Å²) in [6.07, 6.45) is 1.58. The van der Waals surface area contributed by atoms with Gasteiger partial charge in [-0.3, -0.25) is 19.1 Å². The highest BCUT2D eigenvalue weighted by atomic mass is 35.5. The highest BCUT2D eigenvalue weighted by Crippen LogP contribution is 2.30.